The van der Waals surface area contributed by atoms with Crippen molar-refractivity contribution in [1.29, 1.82) is 0 Å². The van der Waals surface area contributed by atoms with Crippen molar-refractivity contribution >= 4 is 40.4 Å². The summed E-state index contributed by atoms with van der Waals surface area (Å²) < 4.78 is 63.0. The van der Waals surface area contributed by atoms with Crippen LogP contribution in [0.25, 0.3) is 11.1 Å². The van der Waals surface area contributed by atoms with Gasteiger partial charge in [-0.2, -0.15) is 0 Å². The van der Waals surface area contributed by atoms with E-state index in [-0.39, 0.29) is 48.3 Å². The average molecular weight is 896 g/mol. The monoisotopic (exact) mass is 894 g/mol. The van der Waals surface area contributed by atoms with Crippen molar-refractivity contribution in [3.05, 3.63) is 110 Å². The average Bonchev–Trinajstić information content (AvgIpc) is 3.40. The van der Waals surface area contributed by atoms with E-state index in [0.29, 0.717) is 35.5 Å². The minimum atomic E-state index is -0.558. The van der Waals surface area contributed by atoms with Gasteiger partial charge in [0.25, 0.3) is 0 Å². The molecule has 1 aliphatic heterocycles. The van der Waals surface area contributed by atoms with Crippen molar-refractivity contribution in [3.63, 3.8) is 0 Å². The summed E-state index contributed by atoms with van der Waals surface area (Å²) in [5, 5.41) is 0. The number of rotatable bonds is 12. The fraction of sp³-hybridized carbons (Fsp3) is 0.458. The van der Waals surface area contributed by atoms with Gasteiger partial charge in [-0.05, 0) is 166 Å². The highest BCUT2D eigenvalue weighted by atomic mass is 79.9. The number of benzene rings is 4. The van der Waals surface area contributed by atoms with Crippen LogP contribution in [0.15, 0.2) is 65.1 Å². The van der Waals surface area contributed by atoms with Crippen LogP contribution in [0.3, 0.4) is 0 Å². The second-order valence-electron chi connectivity index (χ2n) is 16.1. The summed E-state index contributed by atoms with van der Waals surface area (Å²) in [4.78, 5) is 23.5. The van der Waals surface area contributed by atoms with Crippen LogP contribution in [-0.2, 0) is 28.4 Å². The predicted molar refractivity (Wildman–Crippen MR) is 239 cm³/mol. The predicted octanol–water partition coefficient (Wildman–Crippen LogP) is 11.4. The number of carbonyl (C=O) groups excluding carboxylic acids is 2. The minimum absolute atomic E-state index is 0.136. The van der Waals surface area contributed by atoms with Gasteiger partial charge in [0.2, 0.25) is 0 Å². The van der Waals surface area contributed by atoms with Gasteiger partial charge in [-0.25, -0.2) is 8.78 Å². The molecule has 1 fully saturated rings. The number of esters is 2. The first-order valence-electron chi connectivity index (χ1n) is 20.3. The normalized spacial score (nSPS) is 14.8. The molecule has 0 saturated carbocycles. The zero-order valence-corrected chi connectivity index (χ0v) is 39.3. The van der Waals surface area contributed by atoms with Crippen LogP contribution < -0.4 is 14.9 Å². The Morgan fingerprint density at radius 1 is 0.683 bits per heavy atom. The quantitative estimate of drug-likeness (QED) is 0.103. The van der Waals surface area contributed by atoms with E-state index < -0.39 is 18.3 Å². The summed E-state index contributed by atoms with van der Waals surface area (Å²) in [5.74, 6) is -0.132. The van der Waals surface area contributed by atoms with Crippen LogP contribution in [0.4, 0.5) is 8.78 Å². The van der Waals surface area contributed by atoms with Crippen LogP contribution in [0.1, 0.15) is 113 Å². The topological polar surface area (TPSA) is 89.5 Å². The molecular weight excluding hydrogens is 833 g/mol. The van der Waals surface area contributed by atoms with E-state index in [2.05, 4.69) is 15.9 Å². The maximum atomic E-state index is 14.7. The zero-order valence-electron chi connectivity index (χ0n) is 37.7. The van der Waals surface area contributed by atoms with Gasteiger partial charge in [-0.1, -0.05) is 50.2 Å². The smallest absolute Gasteiger partial charge is 0.494 e. The number of hydrogen-bond acceptors (Lipinski definition) is 8. The Kier molecular flexibility index (Phi) is 18.4. The first-order valence-corrected chi connectivity index (χ1v) is 21.1. The fourth-order valence-electron chi connectivity index (χ4n) is 6.72. The molecule has 2 atom stereocenters. The van der Waals surface area contributed by atoms with Crippen molar-refractivity contribution in [3.8, 4) is 22.6 Å². The molecule has 0 radical (unpaired) electrons. The van der Waals surface area contributed by atoms with Gasteiger partial charge in [0.1, 0.15) is 23.1 Å². The molecule has 1 heterocycles. The molecule has 12 heteroatoms. The number of aryl methyl sites for hydroxylation is 4. The van der Waals surface area contributed by atoms with Gasteiger partial charge in [0, 0.05) is 5.56 Å². The van der Waals surface area contributed by atoms with Gasteiger partial charge in [-0.3, -0.25) is 9.59 Å². The van der Waals surface area contributed by atoms with E-state index in [0.717, 1.165) is 38.1 Å². The van der Waals surface area contributed by atoms with Gasteiger partial charge in [0.15, 0.2) is 0 Å². The minimum Gasteiger partial charge on any atom is -0.496 e. The number of hydrogen-bond donors (Lipinski definition) is 0. The molecule has 5 rings (SSSR count). The van der Waals surface area contributed by atoms with Crippen molar-refractivity contribution in [2.45, 2.75) is 119 Å². The molecule has 0 aromatic heterocycles. The van der Waals surface area contributed by atoms with E-state index in [4.69, 9.17) is 28.3 Å². The second-order valence-corrected chi connectivity index (χ2v) is 16.9. The molecule has 1 saturated heterocycles. The zero-order chi connectivity index (χ0) is 45.1. The molecule has 4 aromatic rings. The SMILES string of the molecule is CCOC(=O)C[C@H](C)c1cc(-c2c(C)cccc2OC)cc(C)c1F.CCOC(=O)C[C@H](C)c1cc(B2OC(C)(C)C(C)(C)O2)cc(C)c1F.COc1cccc(C)c1Br. The largest absolute Gasteiger partial charge is 0.496 e. The Morgan fingerprint density at radius 2 is 1.13 bits per heavy atom. The third kappa shape index (κ3) is 12.6. The van der Waals surface area contributed by atoms with Crippen LogP contribution >= 0.6 is 15.9 Å². The van der Waals surface area contributed by atoms with Crippen LogP contribution in [-0.4, -0.2) is 57.7 Å². The number of ether oxygens (including phenoxy) is 4. The molecule has 8 nitrogen and oxygen atoms in total. The number of carbonyl (C=O) groups is 2. The molecule has 326 valence electrons. The first-order chi connectivity index (χ1) is 28.1. The highest BCUT2D eigenvalue weighted by Crippen LogP contribution is 2.38. The fourth-order valence-corrected chi connectivity index (χ4v) is 7.14. The maximum Gasteiger partial charge on any atom is 0.494 e. The molecule has 0 amide bonds. The molecule has 1 aliphatic rings. The molecule has 0 bridgehead atoms. The number of methoxy groups -OCH3 is 2. The molecule has 0 aliphatic carbocycles. The Labute approximate surface area is 364 Å². The molecular formula is C48H62BBrF2O8. The Balaban J connectivity index is 0.000000261. The van der Waals surface area contributed by atoms with E-state index >= 15 is 0 Å². The summed E-state index contributed by atoms with van der Waals surface area (Å²) in [6.45, 7) is 23.2. The van der Waals surface area contributed by atoms with Crippen LogP contribution in [0.2, 0.25) is 0 Å². The van der Waals surface area contributed by atoms with E-state index in [1.54, 1.807) is 54.0 Å². The third-order valence-electron chi connectivity index (χ3n) is 10.9. The lowest BCUT2D eigenvalue weighted by molar-refractivity contribution is -0.144. The molecule has 0 N–H and O–H groups in total. The van der Waals surface area contributed by atoms with E-state index in [1.807, 2.05) is 104 Å². The summed E-state index contributed by atoms with van der Waals surface area (Å²) in [7, 11) is 2.73. The van der Waals surface area contributed by atoms with Gasteiger partial charge in [-0.15, -0.1) is 0 Å². The summed E-state index contributed by atoms with van der Waals surface area (Å²) in [6, 6.07) is 18.9. The second kappa shape index (κ2) is 22.0. The molecule has 0 spiro atoms. The first kappa shape index (κ1) is 50.1. The van der Waals surface area contributed by atoms with Crippen molar-refractivity contribution < 1.29 is 46.6 Å². The van der Waals surface area contributed by atoms with E-state index in [9.17, 15) is 18.4 Å². The van der Waals surface area contributed by atoms with Crippen molar-refractivity contribution in [2.24, 2.45) is 0 Å². The highest BCUT2D eigenvalue weighted by Gasteiger charge is 2.52. The van der Waals surface area contributed by atoms with Gasteiger partial charge < -0.3 is 28.3 Å². The highest BCUT2D eigenvalue weighted by molar-refractivity contribution is 9.10. The van der Waals surface area contributed by atoms with Gasteiger partial charge in [0.05, 0.1) is 55.9 Å². The lowest BCUT2D eigenvalue weighted by Gasteiger charge is -2.32. The lowest BCUT2D eigenvalue weighted by Crippen LogP contribution is -2.41. The van der Waals surface area contributed by atoms with Crippen molar-refractivity contribution in [2.75, 3.05) is 27.4 Å². The molecule has 4 aromatic carbocycles. The summed E-state index contributed by atoms with van der Waals surface area (Å²) in [5.41, 5.74) is 5.99. The van der Waals surface area contributed by atoms with Crippen molar-refractivity contribution in [1.82, 2.24) is 0 Å². The molecule has 60 heavy (non-hydrogen) atoms. The summed E-state index contributed by atoms with van der Waals surface area (Å²) in [6.07, 6.45) is 0.287. The molecule has 0 unspecified atom stereocenters. The standard InChI is InChI=1S/C21H25FO3.C19H28BFO4.C8H9BrO/c1-6-25-19(23)11-14(3)17-12-16(10-15(4)21(17)22)20-13(2)8-7-9-18(20)24-5;1-8-23-16(22)10-12(2)15-11-14(9-13(3)17(15)21)20-24-18(4,5)19(6,7)25-20;1-6-4-3-5-7(10-2)8(6)9/h7-10,12,14H,6,11H2,1-5H3;9,11-12H,8,10H2,1-7H3;3-5H,1-2H3/t14-;12-;/m00./s1. The lowest BCUT2D eigenvalue weighted by atomic mass is 9.76. The Morgan fingerprint density at radius 3 is 1.60 bits per heavy atom. The summed E-state index contributed by atoms with van der Waals surface area (Å²) >= 11 is 3.42. The third-order valence-corrected chi connectivity index (χ3v) is 11.9. The Bertz CT molecular complexity index is 2090. The number of halogens is 3. The van der Waals surface area contributed by atoms with Gasteiger partial charge >= 0.3 is 19.1 Å². The maximum absolute atomic E-state index is 14.7. The Hall–Kier alpha value is -4.26. The van der Waals surface area contributed by atoms with Crippen LogP contribution in [0.5, 0.6) is 11.5 Å². The van der Waals surface area contributed by atoms with E-state index in [1.165, 1.54) is 5.56 Å². The van der Waals surface area contributed by atoms with Crippen LogP contribution in [0, 0.1) is 39.3 Å².